The quantitative estimate of drug-likeness (QED) is 0.309. The van der Waals surface area contributed by atoms with Gasteiger partial charge in [-0.2, -0.15) is 0 Å². The molecular weight excluding hydrogens is 466 g/mol. The zero-order valence-corrected chi connectivity index (χ0v) is 20.7. The van der Waals surface area contributed by atoms with Gasteiger partial charge < -0.3 is 13.9 Å². The van der Waals surface area contributed by atoms with Crippen LogP contribution in [0.25, 0.3) is 0 Å². The van der Waals surface area contributed by atoms with Crippen LogP contribution in [-0.2, 0) is 29.6 Å². The summed E-state index contributed by atoms with van der Waals surface area (Å²) in [6, 6.07) is 21.3. The zero-order chi connectivity index (χ0) is 24.8. The molecule has 182 valence electrons. The molecule has 4 aromatic rings. The number of rotatable bonds is 10. The highest BCUT2D eigenvalue weighted by Crippen LogP contribution is 2.29. The lowest BCUT2D eigenvalue weighted by Crippen LogP contribution is -2.31. The van der Waals surface area contributed by atoms with Gasteiger partial charge in [0.2, 0.25) is 5.89 Å². The summed E-state index contributed by atoms with van der Waals surface area (Å²) in [6.07, 6.45) is 0.668. The second kappa shape index (κ2) is 10.6. The number of nitrogens with zero attached hydrogens (tertiary/aromatic N) is 3. The molecule has 0 saturated carbocycles. The van der Waals surface area contributed by atoms with Crippen molar-refractivity contribution in [3.8, 4) is 11.5 Å². The van der Waals surface area contributed by atoms with Crippen molar-refractivity contribution in [2.45, 2.75) is 38.3 Å². The van der Waals surface area contributed by atoms with Gasteiger partial charge in [0.25, 0.3) is 15.9 Å². The van der Waals surface area contributed by atoms with E-state index in [1.807, 2.05) is 32.0 Å². The molecule has 0 spiro atoms. The smallest absolute Gasteiger partial charge is 0.264 e. The van der Waals surface area contributed by atoms with Gasteiger partial charge in [0.05, 0.1) is 17.7 Å². The largest absolute Gasteiger partial charge is 0.497 e. The number of para-hydroxylation sites is 1. The number of hydrogen-bond acceptors (Lipinski definition) is 7. The van der Waals surface area contributed by atoms with Gasteiger partial charge in [0, 0.05) is 0 Å². The first-order valence-corrected chi connectivity index (χ1v) is 12.6. The summed E-state index contributed by atoms with van der Waals surface area (Å²) in [6.45, 7) is 3.84. The maximum Gasteiger partial charge on any atom is 0.264 e. The Morgan fingerprint density at radius 1 is 0.886 bits per heavy atom. The van der Waals surface area contributed by atoms with Crippen molar-refractivity contribution in [1.29, 1.82) is 0 Å². The van der Waals surface area contributed by atoms with E-state index in [2.05, 4.69) is 10.2 Å². The second-order valence-corrected chi connectivity index (χ2v) is 9.72. The van der Waals surface area contributed by atoms with Crippen LogP contribution in [0.2, 0.25) is 0 Å². The van der Waals surface area contributed by atoms with Gasteiger partial charge in [0.1, 0.15) is 18.0 Å². The Hall–Kier alpha value is -3.85. The van der Waals surface area contributed by atoms with Gasteiger partial charge in [-0.15, -0.1) is 10.2 Å². The first-order chi connectivity index (χ1) is 16.9. The summed E-state index contributed by atoms with van der Waals surface area (Å²) >= 11 is 0. The minimum atomic E-state index is -3.89. The average molecular weight is 494 g/mol. The third kappa shape index (κ3) is 5.63. The molecule has 0 aliphatic rings. The number of anilines is 1. The van der Waals surface area contributed by atoms with Gasteiger partial charge >= 0.3 is 0 Å². The first-order valence-electron chi connectivity index (χ1n) is 11.2. The number of methoxy groups -OCH3 is 1. The molecule has 35 heavy (non-hydrogen) atoms. The number of hydrogen-bond donors (Lipinski definition) is 0. The molecule has 4 rings (SSSR count). The fourth-order valence-corrected chi connectivity index (χ4v) is 4.99. The summed E-state index contributed by atoms with van der Waals surface area (Å²) in [5.74, 6) is 1.75. The lowest BCUT2D eigenvalue weighted by molar-refractivity contribution is 0.258. The highest BCUT2D eigenvalue weighted by molar-refractivity contribution is 7.92. The van der Waals surface area contributed by atoms with Gasteiger partial charge in [-0.05, 0) is 61.4 Å². The van der Waals surface area contributed by atoms with Crippen LogP contribution < -0.4 is 13.8 Å². The summed E-state index contributed by atoms with van der Waals surface area (Å²) in [4.78, 5) is 0.191. The van der Waals surface area contributed by atoms with Gasteiger partial charge in [-0.3, -0.25) is 4.31 Å². The van der Waals surface area contributed by atoms with E-state index >= 15 is 0 Å². The monoisotopic (exact) mass is 493 g/mol. The SMILES string of the molecule is CCc1ccccc1N(Cc1nnc(COc2ccc(OC)cc2)o1)S(=O)(=O)c1ccc(C)cc1. The van der Waals surface area contributed by atoms with Crippen LogP contribution in [0.3, 0.4) is 0 Å². The van der Waals surface area contributed by atoms with E-state index in [4.69, 9.17) is 13.9 Å². The third-order valence-electron chi connectivity index (χ3n) is 5.46. The Kier molecular flexibility index (Phi) is 7.36. The molecule has 0 unspecified atom stereocenters. The van der Waals surface area contributed by atoms with E-state index in [1.54, 1.807) is 61.7 Å². The van der Waals surface area contributed by atoms with Gasteiger partial charge in [-0.1, -0.05) is 42.8 Å². The van der Waals surface area contributed by atoms with E-state index in [9.17, 15) is 8.42 Å². The molecule has 8 nitrogen and oxygen atoms in total. The van der Waals surface area contributed by atoms with Crippen LogP contribution in [-0.4, -0.2) is 25.7 Å². The van der Waals surface area contributed by atoms with Crippen LogP contribution in [0.5, 0.6) is 11.5 Å². The Morgan fingerprint density at radius 2 is 1.54 bits per heavy atom. The molecular formula is C26H27N3O5S. The number of aromatic nitrogens is 2. The van der Waals surface area contributed by atoms with Crippen LogP contribution in [0.1, 0.15) is 29.8 Å². The highest BCUT2D eigenvalue weighted by Gasteiger charge is 2.28. The fraction of sp³-hybridized carbons (Fsp3) is 0.231. The topological polar surface area (TPSA) is 94.8 Å². The molecule has 1 aromatic heterocycles. The second-order valence-electron chi connectivity index (χ2n) is 7.86. The summed E-state index contributed by atoms with van der Waals surface area (Å²) in [5, 5.41) is 8.11. The van der Waals surface area contributed by atoms with Gasteiger partial charge in [0.15, 0.2) is 6.61 Å². The van der Waals surface area contributed by atoms with Crippen molar-refractivity contribution in [2.24, 2.45) is 0 Å². The molecule has 0 fully saturated rings. The molecule has 1 heterocycles. The highest BCUT2D eigenvalue weighted by atomic mass is 32.2. The lowest BCUT2D eigenvalue weighted by Gasteiger charge is -2.25. The normalized spacial score (nSPS) is 11.3. The third-order valence-corrected chi connectivity index (χ3v) is 7.23. The number of aryl methyl sites for hydroxylation is 2. The molecule has 9 heteroatoms. The predicted octanol–water partition coefficient (Wildman–Crippen LogP) is 4.92. The molecule has 0 atom stereocenters. The van der Waals surface area contributed by atoms with Crippen molar-refractivity contribution in [3.63, 3.8) is 0 Å². The van der Waals surface area contributed by atoms with Crippen molar-refractivity contribution >= 4 is 15.7 Å². The molecule has 3 aromatic carbocycles. The van der Waals surface area contributed by atoms with Crippen LogP contribution in [0.4, 0.5) is 5.69 Å². The summed E-state index contributed by atoms with van der Waals surface area (Å²) < 4.78 is 45.3. The molecule has 0 radical (unpaired) electrons. The maximum absolute atomic E-state index is 13.7. The minimum Gasteiger partial charge on any atom is -0.497 e. The van der Waals surface area contributed by atoms with Crippen molar-refractivity contribution in [1.82, 2.24) is 10.2 Å². The molecule has 0 saturated heterocycles. The predicted molar refractivity (Wildman–Crippen MR) is 132 cm³/mol. The molecule has 0 bridgehead atoms. The van der Waals surface area contributed by atoms with Crippen molar-refractivity contribution in [2.75, 3.05) is 11.4 Å². The van der Waals surface area contributed by atoms with Crippen LogP contribution >= 0.6 is 0 Å². The Bertz CT molecular complexity index is 1370. The number of ether oxygens (including phenoxy) is 2. The van der Waals surface area contributed by atoms with E-state index in [1.165, 1.54) is 4.31 Å². The van der Waals surface area contributed by atoms with Crippen LogP contribution in [0, 0.1) is 6.92 Å². The summed E-state index contributed by atoms with van der Waals surface area (Å²) in [5.41, 5.74) is 2.44. The van der Waals surface area contributed by atoms with Gasteiger partial charge in [-0.25, -0.2) is 8.42 Å². The zero-order valence-electron chi connectivity index (χ0n) is 19.8. The Balaban J connectivity index is 1.59. The maximum atomic E-state index is 13.7. The van der Waals surface area contributed by atoms with E-state index in [0.717, 1.165) is 16.9 Å². The van der Waals surface area contributed by atoms with Crippen molar-refractivity contribution < 1.29 is 22.3 Å². The standard InChI is InChI=1S/C26H27N3O5S/c1-4-20-7-5-6-8-24(20)29(35(30,31)23-15-9-19(2)10-16-23)17-25-27-28-26(34-25)18-33-22-13-11-21(32-3)12-14-22/h5-16H,4,17-18H2,1-3H3. The molecule has 0 N–H and O–H groups in total. The lowest BCUT2D eigenvalue weighted by atomic mass is 10.1. The van der Waals surface area contributed by atoms with Crippen molar-refractivity contribution in [3.05, 3.63) is 95.7 Å². The van der Waals surface area contributed by atoms with E-state index in [0.29, 0.717) is 17.9 Å². The number of sulfonamides is 1. The molecule has 0 amide bonds. The first kappa shape index (κ1) is 24.3. The van der Waals surface area contributed by atoms with E-state index < -0.39 is 10.0 Å². The molecule has 0 aliphatic carbocycles. The average Bonchev–Trinajstić information content (AvgIpc) is 3.34. The molecule has 0 aliphatic heterocycles. The fourth-order valence-electron chi connectivity index (χ4n) is 3.54. The van der Waals surface area contributed by atoms with E-state index in [-0.39, 0.29) is 29.8 Å². The number of benzene rings is 3. The minimum absolute atomic E-state index is 0.0512. The Morgan fingerprint density at radius 3 is 2.23 bits per heavy atom. The Labute approximate surface area is 205 Å². The van der Waals surface area contributed by atoms with Crippen LogP contribution in [0.15, 0.2) is 82.1 Å². The summed E-state index contributed by atoms with van der Waals surface area (Å²) in [7, 11) is -2.30.